The maximum atomic E-state index is 10.6. The predicted octanol–water partition coefficient (Wildman–Crippen LogP) is 3.20. The number of amides is 1. The highest BCUT2D eigenvalue weighted by Crippen LogP contribution is 2.25. The Morgan fingerprint density at radius 1 is 1.30 bits per heavy atom. The summed E-state index contributed by atoms with van der Waals surface area (Å²) in [5, 5.41) is 23.8. The number of carbonyl (C=O) groups is 1. The van der Waals surface area contributed by atoms with Gasteiger partial charge in [0.25, 0.3) is 0 Å². The molecule has 3 N–H and O–H groups in total. The number of nitriles is 1. The molecule has 0 radical (unpaired) electrons. The van der Waals surface area contributed by atoms with Crippen LogP contribution in [-0.4, -0.2) is 23.3 Å². The Morgan fingerprint density at radius 2 is 1.95 bits per heavy atom. The van der Waals surface area contributed by atoms with Crippen LogP contribution in [0.1, 0.15) is 31.2 Å². The first-order valence-corrected chi connectivity index (χ1v) is 6.92. The van der Waals surface area contributed by atoms with Crippen LogP contribution in [0, 0.1) is 11.3 Å². The lowest BCUT2D eigenvalue weighted by Crippen LogP contribution is -2.39. The van der Waals surface area contributed by atoms with Gasteiger partial charge in [-0.1, -0.05) is 11.6 Å². The standard InChI is InChI=1S/C14H16ClN3O2/c15-13-7-12(2-1-9(13)8-16)17-10-3-5-11(6-4-10)18-14(19)20/h1-2,7,10-11,17-18H,3-6H2,(H,19,20). The van der Waals surface area contributed by atoms with Gasteiger partial charge in [0, 0.05) is 17.8 Å². The third kappa shape index (κ3) is 3.78. The van der Waals surface area contributed by atoms with Gasteiger partial charge in [0.05, 0.1) is 10.6 Å². The first-order chi connectivity index (χ1) is 9.58. The van der Waals surface area contributed by atoms with Gasteiger partial charge >= 0.3 is 6.09 Å². The maximum Gasteiger partial charge on any atom is 0.404 e. The topological polar surface area (TPSA) is 85.2 Å². The van der Waals surface area contributed by atoms with Crippen molar-refractivity contribution in [3.05, 3.63) is 28.8 Å². The quantitative estimate of drug-likeness (QED) is 0.799. The Bertz CT molecular complexity index is 534. The van der Waals surface area contributed by atoms with E-state index in [9.17, 15) is 4.79 Å². The molecule has 5 nitrogen and oxygen atoms in total. The monoisotopic (exact) mass is 293 g/mol. The van der Waals surface area contributed by atoms with E-state index in [0.717, 1.165) is 31.4 Å². The minimum atomic E-state index is -0.958. The molecule has 1 aromatic rings. The summed E-state index contributed by atoms with van der Waals surface area (Å²) >= 11 is 5.99. The third-order valence-corrected chi connectivity index (χ3v) is 3.83. The number of anilines is 1. The van der Waals surface area contributed by atoms with Crippen LogP contribution in [0.2, 0.25) is 5.02 Å². The molecule has 1 aromatic carbocycles. The van der Waals surface area contributed by atoms with E-state index in [4.69, 9.17) is 22.0 Å². The summed E-state index contributed by atoms with van der Waals surface area (Å²) in [6.07, 6.45) is 2.51. The van der Waals surface area contributed by atoms with E-state index in [1.165, 1.54) is 0 Å². The summed E-state index contributed by atoms with van der Waals surface area (Å²) < 4.78 is 0. The molecule has 0 aromatic heterocycles. The average molecular weight is 294 g/mol. The van der Waals surface area contributed by atoms with Crippen molar-refractivity contribution < 1.29 is 9.90 Å². The molecule has 2 rings (SSSR count). The van der Waals surface area contributed by atoms with E-state index in [2.05, 4.69) is 10.6 Å². The van der Waals surface area contributed by atoms with Crippen LogP contribution >= 0.6 is 11.6 Å². The largest absolute Gasteiger partial charge is 0.465 e. The Kier molecular flexibility index (Phi) is 4.70. The van der Waals surface area contributed by atoms with Crippen LogP contribution in [0.5, 0.6) is 0 Å². The van der Waals surface area contributed by atoms with Gasteiger partial charge in [-0.2, -0.15) is 5.26 Å². The second kappa shape index (κ2) is 6.49. The summed E-state index contributed by atoms with van der Waals surface area (Å²) in [5.41, 5.74) is 1.36. The molecular formula is C14H16ClN3O2. The lowest BCUT2D eigenvalue weighted by atomic mass is 9.91. The van der Waals surface area contributed by atoms with E-state index in [1.807, 2.05) is 12.1 Å². The highest BCUT2D eigenvalue weighted by molar-refractivity contribution is 6.32. The van der Waals surface area contributed by atoms with E-state index in [-0.39, 0.29) is 6.04 Å². The van der Waals surface area contributed by atoms with Crippen molar-refractivity contribution in [3.63, 3.8) is 0 Å². The Balaban J connectivity index is 1.88. The van der Waals surface area contributed by atoms with Crippen molar-refractivity contribution in [2.75, 3.05) is 5.32 Å². The minimum Gasteiger partial charge on any atom is -0.465 e. The van der Waals surface area contributed by atoms with Crippen LogP contribution in [0.3, 0.4) is 0 Å². The summed E-state index contributed by atoms with van der Waals surface area (Å²) in [6.45, 7) is 0. The summed E-state index contributed by atoms with van der Waals surface area (Å²) in [6, 6.07) is 7.68. The van der Waals surface area contributed by atoms with Gasteiger partial charge in [0.2, 0.25) is 0 Å². The molecule has 1 aliphatic carbocycles. The van der Waals surface area contributed by atoms with Crippen molar-refractivity contribution in [2.45, 2.75) is 37.8 Å². The van der Waals surface area contributed by atoms with Crippen molar-refractivity contribution >= 4 is 23.4 Å². The molecule has 0 unspecified atom stereocenters. The van der Waals surface area contributed by atoms with Crippen molar-refractivity contribution in [1.29, 1.82) is 5.26 Å². The lowest BCUT2D eigenvalue weighted by Gasteiger charge is -2.29. The van der Waals surface area contributed by atoms with Crippen molar-refractivity contribution in [2.24, 2.45) is 0 Å². The number of hydrogen-bond acceptors (Lipinski definition) is 3. The molecule has 1 aliphatic rings. The van der Waals surface area contributed by atoms with Gasteiger partial charge in [-0.25, -0.2) is 4.79 Å². The smallest absolute Gasteiger partial charge is 0.404 e. The number of benzene rings is 1. The van der Waals surface area contributed by atoms with Gasteiger partial charge in [-0.15, -0.1) is 0 Å². The van der Waals surface area contributed by atoms with Crippen LogP contribution < -0.4 is 10.6 Å². The van der Waals surface area contributed by atoms with Gasteiger partial charge in [-0.3, -0.25) is 0 Å². The first-order valence-electron chi connectivity index (χ1n) is 6.54. The minimum absolute atomic E-state index is 0.0510. The number of halogens is 1. The number of hydrogen-bond donors (Lipinski definition) is 3. The number of nitrogens with one attached hydrogen (secondary N) is 2. The van der Waals surface area contributed by atoms with Gasteiger partial charge in [0.1, 0.15) is 6.07 Å². The fourth-order valence-corrected chi connectivity index (χ4v) is 2.71. The van der Waals surface area contributed by atoms with Gasteiger partial charge < -0.3 is 15.7 Å². The van der Waals surface area contributed by atoms with Crippen LogP contribution in [-0.2, 0) is 0 Å². The van der Waals surface area contributed by atoms with E-state index in [0.29, 0.717) is 16.6 Å². The Morgan fingerprint density at radius 3 is 2.50 bits per heavy atom. The third-order valence-electron chi connectivity index (χ3n) is 3.52. The molecular weight excluding hydrogens is 278 g/mol. The molecule has 106 valence electrons. The molecule has 0 bridgehead atoms. The molecule has 0 saturated heterocycles. The average Bonchev–Trinajstić information content (AvgIpc) is 2.41. The summed E-state index contributed by atoms with van der Waals surface area (Å²) in [5.74, 6) is 0. The SMILES string of the molecule is N#Cc1ccc(NC2CCC(NC(=O)O)CC2)cc1Cl. The molecule has 0 atom stereocenters. The molecule has 0 heterocycles. The van der Waals surface area contributed by atoms with Gasteiger partial charge in [-0.05, 0) is 43.9 Å². The zero-order valence-corrected chi connectivity index (χ0v) is 11.7. The van der Waals surface area contributed by atoms with Gasteiger partial charge in [0.15, 0.2) is 0 Å². The number of nitrogens with zero attached hydrogens (tertiary/aromatic N) is 1. The van der Waals surface area contributed by atoms with Crippen molar-refractivity contribution in [1.82, 2.24) is 5.32 Å². The fraction of sp³-hybridized carbons (Fsp3) is 0.429. The zero-order chi connectivity index (χ0) is 14.5. The maximum absolute atomic E-state index is 10.6. The molecule has 0 spiro atoms. The molecule has 6 heteroatoms. The summed E-state index contributed by atoms with van der Waals surface area (Å²) in [4.78, 5) is 10.6. The molecule has 0 aliphatic heterocycles. The molecule has 1 saturated carbocycles. The highest BCUT2D eigenvalue weighted by atomic mass is 35.5. The molecule has 1 fully saturated rings. The van der Waals surface area contributed by atoms with Crippen LogP contribution in [0.4, 0.5) is 10.5 Å². The first kappa shape index (κ1) is 14.5. The number of rotatable bonds is 3. The van der Waals surface area contributed by atoms with Crippen LogP contribution in [0.25, 0.3) is 0 Å². The fourth-order valence-electron chi connectivity index (χ4n) is 2.49. The predicted molar refractivity (Wildman–Crippen MR) is 77.0 cm³/mol. The van der Waals surface area contributed by atoms with Crippen molar-refractivity contribution in [3.8, 4) is 6.07 Å². The molecule has 20 heavy (non-hydrogen) atoms. The zero-order valence-electron chi connectivity index (χ0n) is 10.9. The van der Waals surface area contributed by atoms with E-state index < -0.39 is 6.09 Å². The van der Waals surface area contributed by atoms with Crippen LogP contribution in [0.15, 0.2) is 18.2 Å². The highest BCUT2D eigenvalue weighted by Gasteiger charge is 2.22. The lowest BCUT2D eigenvalue weighted by molar-refractivity contribution is 0.185. The Labute approximate surface area is 122 Å². The Hall–Kier alpha value is -1.93. The number of carboxylic acid groups (broad SMARTS) is 1. The van der Waals surface area contributed by atoms with E-state index >= 15 is 0 Å². The second-order valence-corrected chi connectivity index (χ2v) is 5.36. The summed E-state index contributed by atoms with van der Waals surface area (Å²) in [7, 11) is 0. The second-order valence-electron chi connectivity index (χ2n) is 4.95. The molecule has 1 amide bonds. The van der Waals surface area contributed by atoms with E-state index in [1.54, 1.807) is 12.1 Å². The normalized spacial score (nSPS) is 21.8.